The van der Waals surface area contributed by atoms with Gasteiger partial charge < -0.3 is 9.88 Å². The molecule has 2 aromatic carbocycles. The summed E-state index contributed by atoms with van der Waals surface area (Å²) < 4.78 is 1.91. The highest BCUT2D eigenvalue weighted by molar-refractivity contribution is 7.99. The second kappa shape index (κ2) is 7.98. The lowest BCUT2D eigenvalue weighted by molar-refractivity contribution is -0.118. The fourth-order valence-corrected chi connectivity index (χ4v) is 3.11. The zero-order chi connectivity index (χ0) is 17.6. The summed E-state index contributed by atoms with van der Waals surface area (Å²) in [6, 6.07) is 18.0. The second-order valence-corrected chi connectivity index (χ2v) is 6.72. The minimum atomic E-state index is -0.0187. The third-order valence-electron chi connectivity index (χ3n) is 3.81. The highest BCUT2D eigenvalue weighted by atomic mass is 32.2. The van der Waals surface area contributed by atoms with E-state index in [0.29, 0.717) is 12.3 Å². The third-order valence-corrected chi connectivity index (χ3v) is 4.83. The first kappa shape index (κ1) is 17.2. The minimum Gasteiger partial charge on any atom is -0.351 e. The Morgan fingerprint density at radius 1 is 1.08 bits per heavy atom. The average molecular weight is 352 g/mol. The molecule has 0 aliphatic heterocycles. The standard InChI is InChI=1S/C19H20N4OS/c1-14-8-10-15(11-9-14)12-20-17(24)13-25-19-22-21-18(23(19)2)16-6-4-3-5-7-16/h3-11H,12-13H2,1-2H3,(H,20,24). The summed E-state index contributed by atoms with van der Waals surface area (Å²) in [5.74, 6) is 1.09. The van der Waals surface area contributed by atoms with Gasteiger partial charge in [0.15, 0.2) is 11.0 Å². The fraction of sp³-hybridized carbons (Fsp3) is 0.211. The quantitative estimate of drug-likeness (QED) is 0.692. The van der Waals surface area contributed by atoms with Gasteiger partial charge in [0, 0.05) is 19.2 Å². The normalized spacial score (nSPS) is 10.6. The molecule has 25 heavy (non-hydrogen) atoms. The van der Waals surface area contributed by atoms with Crippen molar-refractivity contribution in [3.05, 3.63) is 65.7 Å². The summed E-state index contributed by atoms with van der Waals surface area (Å²) >= 11 is 1.39. The Bertz CT molecular complexity index is 844. The Kier molecular flexibility index (Phi) is 5.50. The number of rotatable bonds is 6. The number of carbonyl (C=O) groups excluding carboxylic acids is 1. The zero-order valence-electron chi connectivity index (χ0n) is 14.3. The van der Waals surface area contributed by atoms with Crippen molar-refractivity contribution in [1.82, 2.24) is 20.1 Å². The van der Waals surface area contributed by atoms with E-state index in [1.807, 2.05) is 73.1 Å². The van der Waals surface area contributed by atoms with Crippen LogP contribution in [0.2, 0.25) is 0 Å². The number of nitrogens with one attached hydrogen (secondary N) is 1. The van der Waals surface area contributed by atoms with Crippen molar-refractivity contribution in [1.29, 1.82) is 0 Å². The van der Waals surface area contributed by atoms with E-state index in [1.54, 1.807) is 0 Å². The molecule has 1 N–H and O–H groups in total. The molecule has 0 saturated carbocycles. The van der Waals surface area contributed by atoms with E-state index in [-0.39, 0.29) is 5.91 Å². The van der Waals surface area contributed by atoms with Gasteiger partial charge in [0.2, 0.25) is 5.91 Å². The monoisotopic (exact) mass is 352 g/mol. The highest BCUT2D eigenvalue weighted by Gasteiger charge is 2.12. The lowest BCUT2D eigenvalue weighted by atomic mass is 10.1. The SMILES string of the molecule is Cc1ccc(CNC(=O)CSc2nnc(-c3ccccc3)n2C)cc1. The van der Waals surface area contributed by atoms with Crippen molar-refractivity contribution < 1.29 is 4.79 Å². The van der Waals surface area contributed by atoms with E-state index in [4.69, 9.17) is 0 Å². The van der Waals surface area contributed by atoms with Gasteiger partial charge in [0.25, 0.3) is 0 Å². The van der Waals surface area contributed by atoms with E-state index in [2.05, 4.69) is 15.5 Å². The van der Waals surface area contributed by atoms with Crippen LogP contribution in [0.5, 0.6) is 0 Å². The summed E-state index contributed by atoms with van der Waals surface area (Å²) in [4.78, 5) is 12.1. The Balaban J connectivity index is 1.54. The molecule has 0 bridgehead atoms. The van der Waals surface area contributed by atoms with Crippen LogP contribution in [0, 0.1) is 6.92 Å². The van der Waals surface area contributed by atoms with Gasteiger partial charge in [-0.2, -0.15) is 0 Å². The Morgan fingerprint density at radius 3 is 2.52 bits per heavy atom. The molecule has 0 atom stereocenters. The Morgan fingerprint density at radius 2 is 1.80 bits per heavy atom. The number of amides is 1. The van der Waals surface area contributed by atoms with E-state index >= 15 is 0 Å². The van der Waals surface area contributed by atoms with Gasteiger partial charge in [-0.1, -0.05) is 71.9 Å². The lowest BCUT2D eigenvalue weighted by Gasteiger charge is -2.06. The molecule has 0 aliphatic carbocycles. The lowest BCUT2D eigenvalue weighted by Crippen LogP contribution is -2.24. The highest BCUT2D eigenvalue weighted by Crippen LogP contribution is 2.22. The number of thioether (sulfide) groups is 1. The molecule has 128 valence electrons. The summed E-state index contributed by atoms with van der Waals surface area (Å²) in [6.45, 7) is 2.58. The summed E-state index contributed by atoms with van der Waals surface area (Å²) in [5.41, 5.74) is 3.31. The molecule has 0 fully saturated rings. The Labute approximate surface area is 151 Å². The van der Waals surface area contributed by atoms with Crippen molar-refractivity contribution in [2.75, 3.05) is 5.75 Å². The topological polar surface area (TPSA) is 59.8 Å². The van der Waals surface area contributed by atoms with Gasteiger partial charge in [-0.05, 0) is 12.5 Å². The molecule has 1 heterocycles. The van der Waals surface area contributed by atoms with Crippen LogP contribution < -0.4 is 5.32 Å². The van der Waals surface area contributed by atoms with Crippen molar-refractivity contribution in [3.8, 4) is 11.4 Å². The number of hydrogen-bond acceptors (Lipinski definition) is 4. The van der Waals surface area contributed by atoms with Crippen LogP contribution >= 0.6 is 11.8 Å². The van der Waals surface area contributed by atoms with Crippen LogP contribution in [0.25, 0.3) is 11.4 Å². The van der Waals surface area contributed by atoms with Gasteiger partial charge >= 0.3 is 0 Å². The van der Waals surface area contributed by atoms with Crippen LogP contribution in [0.4, 0.5) is 0 Å². The number of nitrogens with zero attached hydrogens (tertiary/aromatic N) is 3. The van der Waals surface area contributed by atoms with E-state index < -0.39 is 0 Å². The predicted molar refractivity (Wildman–Crippen MR) is 100 cm³/mol. The van der Waals surface area contributed by atoms with E-state index in [0.717, 1.165) is 22.1 Å². The Hall–Kier alpha value is -2.60. The molecule has 0 unspecified atom stereocenters. The maximum absolute atomic E-state index is 12.1. The van der Waals surface area contributed by atoms with Gasteiger partial charge in [-0.15, -0.1) is 10.2 Å². The van der Waals surface area contributed by atoms with Gasteiger partial charge in [-0.3, -0.25) is 4.79 Å². The molecular weight excluding hydrogens is 332 g/mol. The summed E-state index contributed by atoms with van der Waals surface area (Å²) in [7, 11) is 1.91. The average Bonchev–Trinajstić information content (AvgIpc) is 3.01. The molecular formula is C19H20N4OS. The van der Waals surface area contributed by atoms with Crippen LogP contribution in [-0.4, -0.2) is 26.4 Å². The number of aryl methyl sites for hydroxylation is 1. The minimum absolute atomic E-state index is 0.0187. The first-order valence-corrected chi connectivity index (χ1v) is 9.02. The van der Waals surface area contributed by atoms with Crippen LogP contribution in [0.15, 0.2) is 59.8 Å². The fourth-order valence-electron chi connectivity index (χ4n) is 2.37. The predicted octanol–water partition coefficient (Wildman–Crippen LogP) is 3.20. The number of aromatic nitrogens is 3. The molecule has 0 aliphatic rings. The van der Waals surface area contributed by atoms with Crippen LogP contribution in [0.3, 0.4) is 0 Å². The second-order valence-electron chi connectivity index (χ2n) is 5.78. The first-order chi connectivity index (χ1) is 12.1. The maximum Gasteiger partial charge on any atom is 0.230 e. The third kappa shape index (κ3) is 4.48. The molecule has 3 aromatic rings. The van der Waals surface area contributed by atoms with Crippen LogP contribution in [0.1, 0.15) is 11.1 Å². The molecule has 1 amide bonds. The van der Waals surface area contributed by atoms with E-state index in [9.17, 15) is 4.79 Å². The molecule has 1 aromatic heterocycles. The molecule has 3 rings (SSSR count). The smallest absolute Gasteiger partial charge is 0.230 e. The van der Waals surface area contributed by atoms with Gasteiger partial charge in [-0.25, -0.2) is 0 Å². The van der Waals surface area contributed by atoms with Gasteiger partial charge in [0.05, 0.1) is 5.75 Å². The summed E-state index contributed by atoms with van der Waals surface area (Å²) in [5, 5.41) is 12.1. The molecule has 0 saturated heterocycles. The largest absolute Gasteiger partial charge is 0.351 e. The van der Waals surface area contributed by atoms with E-state index in [1.165, 1.54) is 17.3 Å². The maximum atomic E-state index is 12.1. The molecule has 0 spiro atoms. The van der Waals surface area contributed by atoms with Crippen molar-refractivity contribution in [2.24, 2.45) is 7.05 Å². The first-order valence-electron chi connectivity index (χ1n) is 8.03. The zero-order valence-corrected chi connectivity index (χ0v) is 15.1. The molecule has 0 radical (unpaired) electrons. The molecule has 5 nitrogen and oxygen atoms in total. The number of hydrogen-bond donors (Lipinski definition) is 1. The molecule has 6 heteroatoms. The van der Waals surface area contributed by atoms with Crippen molar-refractivity contribution >= 4 is 17.7 Å². The van der Waals surface area contributed by atoms with Crippen molar-refractivity contribution in [3.63, 3.8) is 0 Å². The number of carbonyl (C=O) groups is 1. The number of benzene rings is 2. The van der Waals surface area contributed by atoms with Crippen molar-refractivity contribution in [2.45, 2.75) is 18.6 Å². The summed E-state index contributed by atoms with van der Waals surface area (Å²) in [6.07, 6.45) is 0. The van der Waals surface area contributed by atoms with Crippen LogP contribution in [-0.2, 0) is 18.4 Å². The van der Waals surface area contributed by atoms with Gasteiger partial charge in [0.1, 0.15) is 0 Å².